The van der Waals surface area contributed by atoms with E-state index < -0.39 is 28.6 Å². The van der Waals surface area contributed by atoms with E-state index in [0.29, 0.717) is 17.5 Å². The molecule has 2 N–H and O–H groups in total. The van der Waals surface area contributed by atoms with Crippen molar-refractivity contribution in [3.63, 3.8) is 0 Å². The molecule has 1 aliphatic rings. The third-order valence-electron chi connectivity index (χ3n) is 4.52. The zero-order chi connectivity index (χ0) is 22.6. The van der Waals surface area contributed by atoms with Crippen molar-refractivity contribution in [3.05, 3.63) is 53.6 Å². The summed E-state index contributed by atoms with van der Waals surface area (Å²) in [4.78, 5) is 16.7. The first-order valence-corrected chi connectivity index (χ1v) is 10.8. The largest absolute Gasteiger partial charge is 0.493 e. The van der Waals surface area contributed by atoms with Gasteiger partial charge in [0.05, 0.1) is 12.0 Å². The minimum absolute atomic E-state index is 0.0896. The lowest BCUT2D eigenvalue weighted by Crippen LogP contribution is -2.35. The molecule has 8 nitrogen and oxygen atoms in total. The topological polar surface area (TPSA) is 106 Å². The number of amides is 1. The monoisotopic (exact) mass is 453 g/mol. The molecule has 0 bridgehead atoms. The molecule has 0 saturated heterocycles. The predicted octanol–water partition coefficient (Wildman–Crippen LogP) is 2.08. The number of benzene rings is 2. The molecule has 11 heteroatoms. The fourth-order valence-electron chi connectivity index (χ4n) is 3.02. The fraction of sp³-hybridized carbons (Fsp3) is 0.300. The van der Waals surface area contributed by atoms with Crippen LogP contribution in [0.25, 0.3) is 0 Å². The molecular formula is C20H21F2N3O5S. The lowest BCUT2D eigenvalue weighted by Gasteiger charge is -2.12. The second kappa shape index (κ2) is 9.29. The molecule has 1 amide bonds. The Bertz CT molecular complexity index is 1110. The first-order chi connectivity index (χ1) is 14.7. The van der Waals surface area contributed by atoms with E-state index in [1.165, 1.54) is 25.3 Å². The highest BCUT2D eigenvalue weighted by atomic mass is 32.2. The van der Waals surface area contributed by atoms with Gasteiger partial charge >= 0.3 is 6.61 Å². The van der Waals surface area contributed by atoms with Gasteiger partial charge in [-0.1, -0.05) is 18.2 Å². The standard InChI is InChI=1S/C20H21F2N3O5S/c1-12(24-18-14-5-3-4-6-17(14)31(27,28)25-18)19(26)23-10-9-13-7-8-15(29-2)16(11-13)30-20(21)22/h3-8,11-12,20H,9-10H2,1-2H3,(H,23,26)(H,24,25)/t12-/m0/s1. The van der Waals surface area contributed by atoms with Crippen molar-refractivity contribution in [1.82, 2.24) is 10.0 Å². The molecule has 1 atom stereocenters. The van der Waals surface area contributed by atoms with Gasteiger partial charge in [0.2, 0.25) is 5.91 Å². The van der Waals surface area contributed by atoms with Crippen molar-refractivity contribution in [1.29, 1.82) is 0 Å². The highest BCUT2D eigenvalue weighted by molar-refractivity contribution is 7.90. The van der Waals surface area contributed by atoms with Crippen LogP contribution in [0.1, 0.15) is 18.1 Å². The van der Waals surface area contributed by atoms with Crippen molar-refractivity contribution in [2.75, 3.05) is 13.7 Å². The number of rotatable bonds is 8. The summed E-state index contributed by atoms with van der Waals surface area (Å²) in [6.45, 7) is -1.22. The van der Waals surface area contributed by atoms with E-state index in [1.807, 2.05) is 0 Å². The summed E-state index contributed by atoms with van der Waals surface area (Å²) in [6.07, 6.45) is 0.355. The van der Waals surface area contributed by atoms with Gasteiger partial charge in [-0.2, -0.15) is 8.78 Å². The molecule has 1 heterocycles. The van der Waals surface area contributed by atoms with Crippen LogP contribution in [-0.2, 0) is 21.2 Å². The average molecular weight is 453 g/mol. The van der Waals surface area contributed by atoms with Crippen LogP contribution >= 0.6 is 0 Å². The number of hydrogen-bond donors (Lipinski definition) is 2. The van der Waals surface area contributed by atoms with Gasteiger partial charge in [-0.3, -0.25) is 14.5 Å². The van der Waals surface area contributed by atoms with Crippen LogP contribution in [0.4, 0.5) is 8.78 Å². The van der Waals surface area contributed by atoms with Crippen molar-refractivity contribution in [2.24, 2.45) is 4.99 Å². The maximum atomic E-state index is 12.5. The van der Waals surface area contributed by atoms with Gasteiger partial charge in [0.25, 0.3) is 10.0 Å². The summed E-state index contributed by atoms with van der Waals surface area (Å²) in [7, 11) is -2.34. The molecule has 2 aromatic rings. The number of hydrogen-bond acceptors (Lipinski definition) is 6. The molecule has 0 spiro atoms. The van der Waals surface area contributed by atoms with Gasteiger partial charge < -0.3 is 14.8 Å². The van der Waals surface area contributed by atoms with Crippen LogP contribution in [0.2, 0.25) is 0 Å². The van der Waals surface area contributed by atoms with Gasteiger partial charge in [0.15, 0.2) is 11.5 Å². The second-order valence-corrected chi connectivity index (χ2v) is 8.31. The summed E-state index contributed by atoms with van der Waals surface area (Å²) in [5, 5.41) is 2.69. The Balaban J connectivity index is 1.61. The third kappa shape index (κ3) is 5.29. The van der Waals surface area contributed by atoms with Gasteiger partial charge in [-0.15, -0.1) is 0 Å². The lowest BCUT2D eigenvalue weighted by molar-refractivity contribution is -0.121. The van der Waals surface area contributed by atoms with Crippen LogP contribution in [0.5, 0.6) is 11.5 Å². The quantitative estimate of drug-likeness (QED) is 0.637. The van der Waals surface area contributed by atoms with E-state index >= 15 is 0 Å². The van der Waals surface area contributed by atoms with Crippen LogP contribution in [0.15, 0.2) is 52.4 Å². The first-order valence-electron chi connectivity index (χ1n) is 9.30. The number of carbonyl (C=O) groups is 1. The molecule has 0 saturated carbocycles. The van der Waals surface area contributed by atoms with Crippen molar-refractivity contribution < 1.29 is 31.5 Å². The number of carbonyl (C=O) groups excluding carboxylic acids is 1. The van der Waals surface area contributed by atoms with Crippen molar-refractivity contribution in [3.8, 4) is 11.5 Å². The van der Waals surface area contributed by atoms with Crippen molar-refractivity contribution >= 4 is 21.8 Å². The molecule has 166 valence electrons. The van der Waals surface area contributed by atoms with Gasteiger partial charge in [0, 0.05) is 12.1 Å². The van der Waals surface area contributed by atoms with Crippen LogP contribution in [0, 0.1) is 0 Å². The van der Waals surface area contributed by atoms with Gasteiger partial charge in [-0.05, 0) is 43.2 Å². The smallest absolute Gasteiger partial charge is 0.387 e. The fourth-order valence-corrected chi connectivity index (χ4v) is 4.26. The van der Waals surface area contributed by atoms with Crippen LogP contribution < -0.4 is 19.5 Å². The van der Waals surface area contributed by atoms with Crippen molar-refractivity contribution in [2.45, 2.75) is 30.9 Å². The zero-order valence-corrected chi connectivity index (χ0v) is 17.6. The predicted molar refractivity (Wildman–Crippen MR) is 109 cm³/mol. The van der Waals surface area contributed by atoms with E-state index in [4.69, 9.17) is 4.74 Å². The molecule has 0 aliphatic carbocycles. The number of halogens is 2. The highest BCUT2D eigenvalue weighted by Gasteiger charge is 2.31. The number of ether oxygens (including phenoxy) is 2. The Labute approximate surface area is 178 Å². The highest BCUT2D eigenvalue weighted by Crippen LogP contribution is 2.29. The molecule has 0 fully saturated rings. The molecule has 0 radical (unpaired) electrons. The Kier molecular flexibility index (Phi) is 6.74. The average Bonchev–Trinajstić information content (AvgIpc) is 2.98. The number of methoxy groups -OCH3 is 1. The van der Waals surface area contributed by atoms with E-state index in [0.717, 1.165) is 0 Å². The number of amidine groups is 1. The van der Waals surface area contributed by atoms with Gasteiger partial charge in [0.1, 0.15) is 11.9 Å². The SMILES string of the molecule is COc1ccc(CCNC(=O)[C@H](C)N=C2NS(=O)(=O)c3ccccc32)cc1OC(F)F. The van der Waals surface area contributed by atoms with E-state index in [1.54, 1.807) is 31.2 Å². The molecule has 2 aromatic carbocycles. The lowest BCUT2D eigenvalue weighted by atomic mass is 10.1. The number of aliphatic imine (C=N–C) groups is 1. The Hall–Kier alpha value is -3.21. The Morgan fingerprint density at radius 2 is 1.94 bits per heavy atom. The molecule has 1 aliphatic heterocycles. The van der Waals surface area contributed by atoms with Gasteiger partial charge in [-0.25, -0.2) is 8.42 Å². The van der Waals surface area contributed by atoms with Crippen LogP contribution in [-0.4, -0.2) is 46.5 Å². The summed E-state index contributed by atoms with van der Waals surface area (Å²) < 4.78 is 61.1. The normalized spacial score (nSPS) is 16.5. The molecule has 3 rings (SSSR count). The van der Waals surface area contributed by atoms with E-state index in [-0.39, 0.29) is 28.8 Å². The number of nitrogens with one attached hydrogen (secondary N) is 2. The summed E-state index contributed by atoms with van der Waals surface area (Å²) in [5.41, 5.74) is 1.07. The zero-order valence-electron chi connectivity index (χ0n) is 16.8. The number of sulfonamides is 1. The number of nitrogens with zero attached hydrogens (tertiary/aromatic N) is 1. The van der Waals surface area contributed by atoms with Crippen LogP contribution in [0.3, 0.4) is 0 Å². The Morgan fingerprint density at radius 1 is 1.19 bits per heavy atom. The minimum atomic E-state index is -3.69. The summed E-state index contributed by atoms with van der Waals surface area (Å²) in [6, 6.07) is 10.1. The molecule has 0 aromatic heterocycles. The summed E-state index contributed by atoms with van der Waals surface area (Å²) >= 11 is 0. The molecular weight excluding hydrogens is 432 g/mol. The maximum absolute atomic E-state index is 12.5. The maximum Gasteiger partial charge on any atom is 0.387 e. The second-order valence-electron chi connectivity index (χ2n) is 6.66. The molecule has 31 heavy (non-hydrogen) atoms. The molecule has 0 unspecified atom stereocenters. The Morgan fingerprint density at radius 3 is 2.65 bits per heavy atom. The minimum Gasteiger partial charge on any atom is -0.493 e. The van der Waals surface area contributed by atoms with E-state index in [2.05, 4.69) is 19.8 Å². The third-order valence-corrected chi connectivity index (χ3v) is 5.92. The number of alkyl halides is 2. The number of fused-ring (bicyclic) bond motifs is 1. The first kappa shape index (κ1) is 22.5. The van der Waals surface area contributed by atoms with E-state index in [9.17, 15) is 22.0 Å². The summed E-state index contributed by atoms with van der Waals surface area (Å²) in [5.74, 6) is -0.207.